The molecule has 1 fully saturated rings. The number of rotatable bonds is 7. The van der Waals surface area contributed by atoms with Crippen LogP contribution in [0.4, 0.5) is 10.1 Å². The molecule has 2 aromatic rings. The van der Waals surface area contributed by atoms with E-state index in [0.717, 1.165) is 37.9 Å². The van der Waals surface area contributed by atoms with Crippen LogP contribution in [0.15, 0.2) is 48.5 Å². The molecular formula is C22H26FN3O2. The SMILES string of the molecule is O=C(CCC1CCNCC1)NCc1ccc(NC(=O)c2ccc(F)cc2)cc1. The van der Waals surface area contributed by atoms with Gasteiger partial charge in [0.2, 0.25) is 5.91 Å². The number of nitrogens with one attached hydrogen (secondary N) is 3. The van der Waals surface area contributed by atoms with Crippen LogP contribution >= 0.6 is 0 Å². The first-order chi connectivity index (χ1) is 13.6. The van der Waals surface area contributed by atoms with E-state index in [4.69, 9.17) is 0 Å². The third-order valence-electron chi connectivity index (χ3n) is 5.05. The van der Waals surface area contributed by atoms with Crippen LogP contribution in [0.1, 0.15) is 41.6 Å². The van der Waals surface area contributed by atoms with E-state index in [1.54, 1.807) is 12.1 Å². The molecule has 0 atom stereocenters. The van der Waals surface area contributed by atoms with Crippen molar-refractivity contribution in [3.63, 3.8) is 0 Å². The first-order valence-electron chi connectivity index (χ1n) is 9.73. The lowest BCUT2D eigenvalue weighted by Gasteiger charge is -2.22. The number of halogens is 1. The third-order valence-corrected chi connectivity index (χ3v) is 5.05. The van der Waals surface area contributed by atoms with E-state index in [2.05, 4.69) is 16.0 Å². The molecule has 0 bridgehead atoms. The van der Waals surface area contributed by atoms with Gasteiger partial charge >= 0.3 is 0 Å². The zero-order valence-electron chi connectivity index (χ0n) is 15.8. The Morgan fingerprint density at radius 1 is 1.00 bits per heavy atom. The summed E-state index contributed by atoms with van der Waals surface area (Å²) in [4.78, 5) is 24.2. The molecule has 0 spiro atoms. The molecule has 2 amide bonds. The Morgan fingerprint density at radius 3 is 2.36 bits per heavy atom. The summed E-state index contributed by atoms with van der Waals surface area (Å²) in [5.74, 6) is 0.0564. The first kappa shape index (κ1) is 20.0. The molecule has 0 unspecified atom stereocenters. The fraction of sp³-hybridized carbons (Fsp3) is 0.364. The zero-order valence-corrected chi connectivity index (χ0v) is 15.8. The number of carbonyl (C=O) groups excluding carboxylic acids is 2. The van der Waals surface area contributed by atoms with Gasteiger partial charge in [0.05, 0.1) is 0 Å². The van der Waals surface area contributed by atoms with Crippen LogP contribution in [0, 0.1) is 11.7 Å². The van der Waals surface area contributed by atoms with Crippen LogP contribution in [0.2, 0.25) is 0 Å². The molecule has 1 aliphatic rings. The lowest BCUT2D eigenvalue weighted by atomic mass is 9.93. The normalized spacial score (nSPS) is 14.5. The van der Waals surface area contributed by atoms with E-state index in [1.807, 2.05) is 12.1 Å². The van der Waals surface area contributed by atoms with E-state index in [1.165, 1.54) is 24.3 Å². The number of carbonyl (C=O) groups is 2. The maximum atomic E-state index is 12.9. The molecule has 6 heteroatoms. The van der Waals surface area contributed by atoms with Gasteiger partial charge in [0.1, 0.15) is 5.82 Å². The Bertz CT molecular complexity index is 784. The average Bonchev–Trinajstić information content (AvgIpc) is 2.73. The largest absolute Gasteiger partial charge is 0.352 e. The van der Waals surface area contributed by atoms with Gasteiger partial charge in [-0.2, -0.15) is 0 Å². The van der Waals surface area contributed by atoms with E-state index in [0.29, 0.717) is 30.1 Å². The average molecular weight is 383 g/mol. The molecule has 0 radical (unpaired) electrons. The highest BCUT2D eigenvalue weighted by molar-refractivity contribution is 6.04. The Morgan fingerprint density at radius 2 is 1.68 bits per heavy atom. The van der Waals surface area contributed by atoms with Crippen LogP contribution in [0.3, 0.4) is 0 Å². The summed E-state index contributed by atoms with van der Waals surface area (Å²) in [5.41, 5.74) is 2.01. The minimum atomic E-state index is -0.376. The maximum absolute atomic E-state index is 12.9. The second-order valence-electron chi connectivity index (χ2n) is 7.17. The second kappa shape index (κ2) is 9.99. The lowest BCUT2D eigenvalue weighted by Crippen LogP contribution is -2.29. The number of anilines is 1. The summed E-state index contributed by atoms with van der Waals surface area (Å²) >= 11 is 0. The molecule has 1 heterocycles. The molecule has 28 heavy (non-hydrogen) atoms. The Balaban J connectivity index is 1.41. The lowest BCUT2D eigenvalue weighted by molar-refractivity contribution is -0.121. The van der Waals surface area contributed by atoms with Crippen LogP contribution in [-0.4, -0.2) is 24.9 Å². The molecule has 1 aliphatic heterocycles. The minimum Gasteiger partial charge on any atom is -0.352 e. The molecule has 0 aromatic heterocycles. The number of benzene rings is 2. The highest BCUT2D eigenvalue weighted by Gasteiger charge is 2.14. The Hall–Kier alpha value is -2.73. The second-order valence-corrected chi connectivity index (χ2v) is 7.17. The van der Waals surface area contributed by atoms with Crippen molar-refractivity contribution in [1.29, 1.82) is 0 Å². The molecule has 1 saturated heterocycles. The monoisotopic (exact) mass is 383 g/mol. The van der Waals surface area contributed by atoms with Crippen molar-refractivity contribution in [3.05, 3.63) is 65.5 Å². The molecular weight excluding hydrogens is 357 g/mol. The first-order valence-corrected chi connectivity index (χ1v) is 9.73. The van der Waals surface area contributed by atoms with Gasteiger partial charge in [0.25, 0.3) is 5.91 Å². The predicted octanol–water partition coefficient (Wildman–Crippen LogP) is 3.47. The van der Waals surface area contributed by atoms with Gasteiger partial charge in [-0.15, -0.1) is 0 Å². The molecule has 0 aliphatic carbocycles. The summed E-state index contributed by atoms with van der Waals surface area (Å²) in [6.45, 7) is 2.57. The molecule has 148 valence electrons. The minimum absolute atomic E-state index is 0.0761. The van der Waals surface area contributed by atoms with Crippen LogP contribution in [-0.2, 0) is 11.3 Å². The summed E-state index contributed by atoms with van der Waals surface area (Å²) < 4.78 is 12.9. The number of hydrogen-bond acceptors (Lipinski definition) is 3. The van der Waals surface area contributed by atoms with E-state index in [9.17, 15) is 14.0 Å². The van der Waals surface area contributed by atoms with Gasteiger partial charge in [-0.25, -0.2) is 4.39 Å². The van der Waals surface area contributed by atoms with Crippen LogP contribution in [0.25, 0.3) is 0 Å². The fourth-order valence-corrected chi connectivity index (χ4v) is 3.31. The van der Waals surface area contributed by atoms with Gasteiger partial charge in [-0.1, -0.05) is 12.1 Å². The summed E-state index contributed by atoms with van der Waals surface area (Å²) in [5, 5.41) is 9.06. The van der Waals surface area contributed by atoms with E-state index < -0.39 is 0 Å². The van der Waals surface area contributed by atoms with Crippen LogP contribution < -0.4 is 16.0 Å². The van der Waals surface area contributed by atoms with Crippen molar-refractivity contribution in [2.24, 2.45) is 5.92 Å². The van der Waals surface area contributed by atoms with Gasteiger partial charge in [0, 0.05) is 24.2 Å². The molecule has 2 aromatic carbocycles. The maximum Gasteiger partial charge on any atom is 0.255 e. The fourth-order valence-electron chi connectivity index (χ4n) is 3.31. The van der Waals surface area contributed by atoms with Crippen molar-refractivity contribution in [3.8, 4) is 0 Å². The molecule has 5 nitrogen and oxygen atoms in total. The van der Waals surface area contributed by atoms with Crippen LogP contribution in [0.5, 0.6) is 0 Å². The number of hydrogen-bond donors (Lipinski definition) is 3. The Labute approximate surface area is 164 Å². The van der Waals surface area contributed by atoms with Gasteiger partial charge in [-0.05, 0) is 80.2 Å². The molecule has 0 saturated carbocycles. The van der Waals surface area contributed by atoms with Crippen molar-refractivity contribution >= 4 is 17.5 Å². The standard InChI is InChI=1S/C22H26FN3O2/c23-19-6-4-18(5-7-19)22(28)26-20-8-1-17(2-9-20)15-25-21(27)10-3-16-11-13-24-14-12-16/h1-2,4-9,16,24H,3,10-15H2,(H,25,27)(H,26,28). The van der Waals surface area contributed by atoms with Gasteiger partial charge in [-0.3, -0.25) is 9.59 Å². The summed E-state index contributed by atoms with van der Waals surface area (Å²) in [6.07, 6.45) is 3.81. The summed E-state index contributed by atoms with van der Waals surface area (Å²) in [6, 6.07) is 12.7. The third kappa shape index (κ3) is 6.16. The van der Waals surface area contributed by atoms with Crippen molar-refractivity contribution < 1.29 is 14.0 Å². The highest BCUT2D eigenvalue weighted by atomic mass is 19.1. The van der Waals surface area contributed by atoms with Crippen molar-refractivity contribution in [2.45, 2.75) is 32.2 Å². The Kier molecular flexibility index (Phi) is 7.14. The van der Waals surface area contributed by atoms with Gasteiger partial charge < -0.3 is 16.0 Å². The quantitative estimate of drug-likeness (QED) is 0.686. The highest BCUT2D eigenvalue weighted by Crippen LogP contribution is 2.17. The summed E-state index contributed by atoms with van der Waals surface area (Å²) in [7, 11) is 0. The number of piperidine rings is 1. The van der Waals surface area contributed by atoms with Crippen molar-refractivity contribution in [2.75, 3.05) is 18.4 Å². The van der Waals surface area contributed by atoms with Crippen molar-refractivity contribution in [1.82, 2.24) is 10.6 Å². The smallest absolute Gasteiger partial charge is 0.255 e. The predicted molar refractivity (Wildman–Crippen MR) is 107 cm³/mol. The van der Waals surface area contributed by atoms with Gasteiger partial charge in [0.15, 0.2) is 0 Å². The molecule has 3 rings (SSSR count). The zero-order chi connectivity index (χ0) is 19.8. The molecule has 3 N–H and O–H groups in total. The van der Waals surface area contributed by atoms with E-state index >= 15 is 0 Å². The number of amides is 2. The topological polar surface area (TPSA) is 70.2 Å². The van der Waals surface area contributed by atoms with E-state index in [-0.39, 0.29) is 17.6 Å².